The van der Waals surface area contributed by atoms with E-state index in [1.165, 1.54) is 0 Å². The first-order chi connectivity index (χ1) is 13.7. The van der Waals surface area contributed by atoms with Crippen molar-refractivity contribution in [2.24, 2.45) is 17.6 Å². The van der Waals surface area contributed by atoms with Gasteiger partial charge >= 0.3 is 0 Å². The number of benzene rings is 2. The van der Waals surface area contributed by atoms with Crippen molar-refractivity contribution < 1.29 is 9.59 Å². The summed E-state index contributed by atoms with van der Waals surface area (Å²) in [5.74, 6) is 0.559. The lowest BCUT2D eigenvalue weighted by Crippen LogP contribution is -2.51. The van der Waals surface area contributed by atoms with Gasteiger partial charge in [-0.25, -0.2) is 0 Å². The van der Waals surface area contributed by atoms with Gasteiger partial charge in [-0.15, -0.1) is 12.4 Å². The maximum Gasteiger partial charge on any atom is 0.251 e. The Bertz CT molecular complexity index is 872. The highest BCUT2D eigenvalue weighted by Gasteiger charge is 2.36. The lowest BCUT2D eigenvalue weighted by molar-refractivity contribution is -0.138. The molecule has 156 valence electrons. The zero-order valence-electron chi connectivity index (χ0n) is 16.7. The van der Waals surface area contributed by atoms with Crippen molar-refractivity contribution in [2.45, 2.75) is 38.1 Å². The lowest BCUT2D eigenvalue weighted by atomic mass is 9.93. The first-order valence-corrected chi connectivity index (χ1v) is 10.4. The number of hydrogen-bond acceptors (Lipinski definition) is 3. The number of carbonyl (C=O) groups is 2. The van der Waals surface area contributed by atoms with E-state index in [-0.39, 0.29) is 36.2 Å². The highest BCUT2D eigenvalue weighted by atomic mass is 35.5. The van der Waals surface area contributed by atoms with Crippen molar-refractivity contribution in [1.29, 1.82) is 0 Å². The molecule has 29 heavy (non-hydrogen) atoms. The molecule has 1 saturated carbocycles. The molecular weight excluding hydrogens is 386 g/mol. The van der Waals surface area contributed by atoms with E-state index in [0.29, 0.717) is 24.6 Å². The number of fused-ring (bicyclic) bond motifs is 1. The number of nitrogens with two attached hydrogens (primary N) is 1. The van der Waals surface area contributed by atoms with E-state index in [1.807, 2.05) is 47.4 Å². The number of carbonyl (C=O) groups excluding carboxylic acids is 2. The van der Waals surface area contributed by atoms with E-state index in [2.05, 4.69) is 5.32 Å². The molecule has 3 N–H and O–H groups in total. The fourth-order valence-electron chi connectivity index (χ4n) is 4.77. The minimum atomic E-state index is -0.0641. The van der Waals surface area contributed by atoms with Gasteiger partial charge in [0.25, 0.3) is 5.91 Å². The van der Waals surface area contributed by atoms with Crippen LogP contribution in [0.5, 0.6) is 0 Å². The Hall–Kier alpha value is -2.11. The first-order valence-electron chi connectivity index (χ1n) is 10.4. The quantitative estimate of drug-likeness (QED) is 0.803. The number of amides is 2. The standard InChI is InChI=1S/C23H29N3O2.ClH/c24-14-19-7-3-9-21(19)23(28)26-12-4-8-20(15-26)25-22(27)18-11-10-16-5-1-2-6-17(16)13-18;/h1-2,5-6,10-11,13,19-21H,3-4,7-9,12,14-15,24H2,(H,25,27);1H/t19-,20?,21-;/m1./s1. The molecule has 5 nitrogen and oxygen atoms in total. The summed E-state index contributed by atoms with van der Waals surface area (Å²) in [6.45, 7) is 1.98. The second kappa shape index (κ2) is 9.59. The largest absolute Gasteiger partial charge is 0.348 e. The number of nitrogens with one attached hydrogen (secondary N) is 1. The van der Waals surface area contributed by atoms with Crippen LogP contribution >= 0.6 is 12.4 Å². The summed E-state index contributed by atoms with van der Waals surface area (Å²) in [5, 5.41) is 5.33. The Labute approximate surface area is 178 Å². The molecule has 1 saturated heterocycles. The summed E-state index contributed by atoms with van der Waals surface area (Å²) in [6, 6.07) is 13.8. The third-order valence-corrected chi connectivity index (χ3v) is 6.36. The molecule has 0 spiro atoms. The third kappa shape index (κ3) is 4.73. The number of nitrogens with zero attached hydrogens (tertiary/aromatic N) is 1. The SMILES string of the molecule is Cl.NC[C@H]1CCC[C@H]1C(=O)N1CCCC(NC(=O)c2ccc3ccccc3c2)C1. The molecule has 0 bridgehead atoms. The Morgan fingerprint density at radius 2 is 1.83 bits per heavy atom. The third-order valence-electron chi connectivity index (χ3n) is 6.36. The summed E-state index contributed by atoms with van der Waals surface area (Å²) >= 11 is 0. The fraction of sp³-hybridized carbons (Fsp3) is 0.478. The Morgan fingerprint density at radius 1 is 1.03 bits per heavy atom. The van der Waals surface area contributed by atoms with Gasteiger partial charge in [0.15, 0.2) is 0 Å². The topological polar surface area (TPSA) is 75.4 Å². The van der Waals surface area contributed by atoms with Gasteiger partial charge in [0.2, 0.25) is 5.91 Å². The number of rotatable bonds is 4. The van der Waals surface area contributed by atoms with Crippen LogP contribution < -0.4 is 11.1 Å². The van der Waals surface area contributed by atoms with E-state index < -0.39 is 0 Å². The van der Waals surface area contributed by atoms with Crippen LogP contribution in [0.25, 0.3) is 10.8 Å². The monoisotopic (exact) mass is 415 g/mol. The summed E-state index contributed by atoms with van der Waals surface area (Å²) < 4.78 is 0. The molecule has 4 rings (SSSR count). The van der Waals surface area contributed by atoms with Crippen molar-refractivity contribution in [3.63, 3.8) is 0 Å². The van der Waals surface area contributed by atoms with Crippen molar-refractivity contribution in [3.05, 3.63) is 48.0 Å². The number of halogens is 1. The number of hydrogen-bond donors (Lipinski definition) is 2. The molecule has 2 amide bonds. The smallest absolute Gasteiger partial charge is 0.251 e. The first kappa shape index (κ1) is 21.6. The Kier molecular flexibility index (Phi) is 7.14. The van der Waals surface area contributed by atoms with Crippen LogP contribution in [0.4, 0.5) is 0 Å². The zero-order valence-corrected chi connectivity index (χ0v) is 17.5. The molecule has 6 heteroatoms. The molecule has 2 aliphatic rings. The molecule has 1 unspecified atom stereocenters. The molecule has 1 aliphatic carbocycles. The van der Waals surface area contributed by atoms with E-state index in [0.717, 1.165) is 49.4 Å². The normalized spacial score (nSPS) is 24.2. The minimum Gasteiger partial charge on any atom is -0.348 e. The van der Waals surface area contributed by atoms with E-state index in [9.17, 15) is 9.59 Å². The molecule has 2 fully saturated rings. The molecule has 2 aromatic carbocycles. The predicted molar refractivity (Wildman–Crippen MR) is 118 cm³/mol. The van der Waals surface area contributed by atoms with Crippen LogP contribution in [0, 0.1) is 11.8 Å². The Balaban J connectivity index is 0.00000240. The van der Waals surface area contributed by atoms with Gasteiger partial charge in [0.1, 0.15) is 0 Å². The van der Waals surface area contributed by atoms with Crippen LogP contribution in [-0.2, 0) is 4.79 Å². The van der Waals surface area contributed by atoms with E-state index in [1.54, 1.807) is 0 Å². The van der Waals surface area contributed by atoms with Crippen LogP contribution in [-0.4, -0.2) is 42.4 Å². The van der Waals surface area contributed by atoms with Crippen LogP contribution in [0.1, 0.15) is 42.5 Å². The molecule has 1 aliphatic heterocycles. The molecule has 0 aromatic heterocycles. The maximum absolute atomic E-state index is 13.0. The molecule has 0 radical (unpaired) electrons. The van der Waals surface area contributed by atoms with Gasteiger partial charge in [-0.2, -0.15) is 0 Å². The van der Waals surface area contributed by atoms with Crippen LogP contribution in [0.3, 0.4) is 0 Å². The molecule has 2 aromatic rings. The highest BCUT2D eigenvalue weighted by Crippen LogP contribution is 2.33. The molecule has 3 atom stereocenters. The summed E-state index contributed by atoms with van der Waals surface area (Å²) in [7, 11) is 0. The zero-order chi connectivity index (χ0) is 19.5. The van der Waals surface area contributed by atoms with Gasteiger partial charge < -0.3 is 16.0 Å². The second-order valence-corrected chi connectivity index (χ2v) is 8.19. The average molecular weight is 416 g/mol. The summed E-state index contributed by atoms with van der Waals surface area (Å²) in [6.07, 6.45) is 4.94. The van der Waals surface area contributed by atoms with Gasteiger partial charge in [-0.3, -0.25) is 9.59 Å². The van der Waals surface area contributed by atoms with E-state index in [4.69, 9.17) is 5.73 Å². The van der Waals surface area contributed by atoms with Gasteiger partial charge in [-0.05, 0) is 61.1 Å². The van der Waals surface area contributed by atoms with Gasteiger partial charge in [-0.1, -0.05) is 36.8 Å². The summed E-state index contributed by atoms with van der Waals surface area (Å²) in [4.78, 5) is 27.7. The van der Waals surface area contributed by atoms with Crippen LogP contribution in [0.15, 0.2) is 42.5 Å². The second-order valence-electron chi connectivity index (χ2n) is 8.19. The summed E-state index contributed by atoms with van der Waals surface area (Å²) in [5.41, 5.74) is 6.53. The molecule has 1 heterocycles. The minimum absolute atomic E-state index is 0. The lowest BCUT2D eigenvalue weighted by Gasteiger charge is -2.35. The van der Waals surface area contributed by atoms with Crippen molar-refractivity contribution in [1.82, 2.24) is 10.2 Å². The number of piperidine rings is 1. The maximum atomic E-state index is 13.0. The van der Waals surface area contributed by atoms with Crippen molar-refractivity contribution >= 4 is 35.0 Å². The average Bonchev–Trinajstić information content (AvgIpc) is 3.22. The highest BCUT2D eigenvalue weighted by molar-refractivity contribution is 5.98. The predicted octanol–water partition coefficient (Wildman–Crippen LogP) is 3.36. The number of likely N-dealkylation sites (tertiary alicyclic amines) is 1. The van der Waals surface area contributed by atoms with Crippen molar-refractivity contribution in [3.8, 4) is 0 Å². The van der Waals surface area contributed by atoms with E-state index >= 15 is 0 Å². The fourth-order valence-corrected chi connectivity index (χ4v) is 4.77. The molecular formula is C23H30ClN3O2. The Morgan fingerprint density at radius 3 is 2.62 bits per heavy atom. The van der Waals surface area contributed by atoms with Gasteiger partial charge in [0, 0.05) is 30.6 Å². The van der Waals surface area contributed by atoms with Gasteiger partial charge in [0.05, 0.1) is 0 Å². The van der Waals surface area contributed by atoms with Crippen LogP contribution in [0.2, 0.25) is 0 Å². The van der Waals surface area contributed by atoms with Crippen molar-refractivity contribution in [2.75, 3.05) is 19.6 Å².